The summed E-state index contributed by atoms with van der Waals surface area (Å²) in [6.07, 6.45) is 3.81. The lowest BCUT2D eigenvalue weighted by molar-refractivity contribution is 0.514. The highest BCUT2D eigenvalue weighted by Crippen LogP contribution is 2.17. The Labute approximate surface area is 74.6 Å². The molecule has 0 spiro atoms. The Hall–Kier alpha value is -0.790. The SMILES string of the molecule is C.Cc1nc2n(c1C)CCCC2. The molecule has 0 aliphatic carbocycles. The van der Waals surface area contributed by atoms with E-state index in [4.69, 9.17) is 0 Å². The van der Waals surface area contributed by atoms with E-state index in [1.807, 2.05) is 0 Å². The van der Waals surface area contributed by atoms with Crippen molar-refractivity contribution in [3.05, 3.63) is 17.2 Å². The Balaban J connectivity index is 0.000000720. The van der Waals surface area contributed by atoms with Gasteiger partial charge in [-0.15, -0.1) is 0 Å². The monoisotopic (exact) mass is 166 g/mol. The minimum absolute atomic E-state index is 0. The molecule has 0 bridgehead atoms. The van der Waals surface area contributed by atoms with Crippen molar-refractivity contribution in [2.45, 2.75) is 47.1 Å². The second-order valence-corrected chi connectivity index (χ2v) is 3.31. The lowest BCUT2D eigenvalue weighted by Gasteiger charge is -2.14. The van der Waals surface area contributed by atoms with Gasteiger partial charge in [0.15, 0.2) is 0 Å². The van der Waals surface area contributed by atoms with Crippen LogP contribution >= 0.6 is 0 Å². The molecule has 12 heavy (non-hydrogen) atoms. The number of aromatic nitrogens is 2. The van der Waals surface area contributed by atoms with E-state index >= 15 is 0 Å². The molecule has 2 rings (SSSR count). The van der Waals surface area contributed by atoms with E-state index in [9.17, 15) is 0 Å². The third kappa shape index (κ3) is 1.26. The summed E-state index contributed by atoms with van der Waals surface area (Å²) in [6, 6.07) is 0. The summed E-state index contributed by atoms with van der Waals surface area (Å²) in [7, 11) is 0. The van der Waals surface area contributed by atoms with Gasteiger partial charge in [-0.3, -0.25) is 0 Å². The molecule has 1 aliphatic heterocycles. The fraction of sp³-hybridized carbons (Fsp3) is 0.700. The molecule has 1 aromatic rings. The van der Waals surface area contributed by atoms with E-state index in [1.54, 1.807) is 0 Å². The van der Waals surface area contributed by atoms with Gasteiger partial charge < -0.3 is 4.57 Å². The van der Waals surface area contributed by atoms with Crippen molar-refractivity contribution in [1.82, 2.24) is 9.55 Å². The predicted molar refractivity (Wildman–Crippen MR) is 51.4 cm³/mol. The summed E-state index contributed by atoms with van der Waals surface area (Å²) in [6.45, 7) is 5.44. The smallest absolute Gasteiger partial charge is 0.109 e. The van der Waals surface area contributed by atoms with E-state index < -0.39 is 0 Å². The molecule has 0 fully saturated rings. The fourth-order valence-electron chi connectivity index (χ4n) is 1.76. The minimum atomic E-state index is 0. The van der Waals surface area contributed by atoms with Crippen molar-refractivity contribution in [3.63, 3.8) is 0 Å². The van der Waals surface area contributed by atoms with Crippen molar-refractivity contribution in [3.8, 4) is 0 Å². The van der Waals surface area contributed by atoms with E-state index in [1.165, 1.54) is 43.0 Å². The summed E-state index contributed by atoms with van der Waals surface area (Å²) < 4.78 is 2.36. The van der Waals surface area contributed by atoms with Gasteiger partial charge in [0.25, 0.3) is 0 Å². The molecule has 0 N–H and O–H groups in total. The molecule has 1 aliphatic rings. The summed E-state index contributed by atoms with van der Waals surface area (Å²) in [5.41, 5.74) is 2.57. The first kappa shape index (κ1) is 9.30. The van der Waals surface area contributed by atoms with Crippen LogP contribution in [0.3, 0.4) is 0 Å². The van der Waals surface area contributed by atoms with Crippen LogP contribution in [0.2, 0.25) is 0 Å². The van der Waals surface area contributed by atoms with Crippen LogP contribution < -0.4 is 0 Å². The van der Waals surface area contributed by atoms with E-state index in [0.717, 1.165) is 0 Å². The molecule has 0 amide bonds. The number of hydrogen-bond acceptors (Lipinski definition) is 1. The van der Waals surface area contributed by atoms with Crippen LogP contribution in [0.15, 0.2) is 0 Å². The molecule has 0 radical (unpaired) electrons. The lowest BCUT2D eigenvalue weighted by atomic mass is 10.2. The number of rotatable bonds is 0. The fourth-order valence-corrected chi connectivity index (χ4v) is 1.76. The standard InChI is InChI=1S/C9H14N2.CH4/c1-7-8(2)11-6-4-3-5-9(11)10-7;/h3-6H2,1-2H3;1H4. The van der Waals surface area contributed by atoms with Gasteiger partial charge in [-0.2, -0.15) is 0 Å². The zero-order valence-electron chi connectivity index (χ0n) is 7.22. The quantitative estimate of drug-likeness (QED) is 0.579. The molecule has 0 aromatic carbocycles. The Bertz CT molecular complexity index is 274. The van der Waals surface area contributed by atoms with Crippen LogP contribution in [0.5, 0.6) is 0 Å². The van der Waals surface area contributed by atoms with Crippen LogP contribution in [0.4, 0.5) is 0 Å². The van der Waals surface area contributed by atoms with Gasteiger partial charge in [0.05, 0.1) is 5.69 Å². The van der Waals surface area contributed by atoms with Gasteiger partial charge in [-0.1, -0.05) is 7.43 Å². The zero-order valence-corrected chi connectivity index (χ0v) is 7.22. The molecule has 1 aromatic heterocycles. The molecule has 0 atom stereocenters. The summed E-state index contributed by atoms with van der Waals surface area (Å²) >= 11 is 0. The van der Waals surface area contributed by atoms with Crippen molar-refractivity contribution < 1.29 is 0 Å². The number of aryl methyl sites for hydroxylation is 2. The second kappa shape index (κ2) is 3.30. The maximum Gasteiger partial charge on any atom is 0.109 e. The number of imidazole rings is 1. The normalized spacial score (nSPS) is 15.2. The van der Waals surface area contributed by atoms with E-state index in [2.05, 4.69) is 23.4 Å². The average molecular weight is 166 g/mol. The Morgan fingerprint density at radius 2 is 2.00 bits per heavy atom. The Kier molecular flexibility index (Phi) is 2.55. The number of hydrogen-bond donors (Lipinski definition) is 0. The highest BCUT2D eigenvalue weighted by molar-refractivity contribution is 5.15. The molecule has 0 saturated carbocycles. The van der Waals surface area contributed by atoms with Crippen molar-refractivity contribution in [2.75, 3.05) is 0 Å². The molecule has 2 heterocycles. The lowest BCUT2D eigenvalue weighted by Crippen LogP contribution is -2.11. The van der Waals surface area contributed by atoms with Gasteiger partial charge in [0.1, 0.15) is 5.82 Å². The van der Waals surface area contributed by atoms with Crippen molar-refractivity contribution >= 4 is 0 Å². The maximum absolute atomic E-state index is 4.51. The van der Waals surface area contributed by atoms with Gasteiger partial charge in [-0.25, -0.2) is 4.98 Å². The van der Waals surface area contributed by atoms with Crippen molar-refractivity contribution in [2.24, 2.45) is 0 Å². The van der Waals surface area contributed by atoms with Crippen LogP contribution in [0.1, 0.15) is 37.5 Å². The topological polar surface area (TPSA) is 17.8 Å². The average Bonchev–Trinajstić information content (AvgIpc) is 2.30. The zero-order chi connectivity index (χ0) is 7.84. The van der Waals surface area contributed by atoms with Crippen LogP contribution in [-0.4, -0.2) is 9.55 Å². The van der Waals surface area contributed by atoms with Crippen LogP contribution in [0.25, 0.3) is 0 Å². The third-order valence-corrected chi connectivity index (χ3v) is 2.57. The largest absolute Gasteiger partial charge is 0.332 e. The highest BCUT2D eigenvalue weighted by Gasteiger charge is 2.13. The first-order valence-electron chi connectivity index (χ1n) is 4.31. The van der Waals surface area contributed by atoms with E-state index in [0.29, 0.717) is 0 Å². The summed E-state index contributed by atoms with van der Waals surface area (Å²) in [5.74, 6) is 1.30. The van der Waals surface area contributed by atoms with Gasteiger partial charge in [-0.05, 0) is 26.7 Å². The molecular formula is C10H18N2. The molecule has 0 saturated heterocycles. The Morgan fingerprint density at radius 1 is 1.25 bits per heavy atom. The van der Waals surface area contributed by atoms with E-state index in [-0.39, 0.29) is 7.43 Å². The summed E-state index contributed by atoms with van der Waals surface area (Å²) in [5, 5.41) is 0. The van der Waals surface area contributed by atoms with Crippen molar-refractivity contribution in [1.29, 1.82) is 0 Å². The Morgan fingerprint density at radius 3 is 2.67 bits per heavy atom. The van der Waals surface area contributed by atoms with Gasteiger partial charge in [0.2, 0.25) is 0 Å². The third-order valence-electron chi connectivity index (χ3n) is 2.57. The highest BCUT2D eigenvalue weighted by atomic mass is 15.1. The second-order valence-electron chi connectivity index (χ2n) is 3.31. The molecule has 68 valence electrons. The van der Waals surface area contributed by atoms with Gasteiger partial charge in [0, 0.05) is 18.7 Å². The molecular weight excluding hydrogens is 148 g/mol. The molecule has 2 heteroatoms. The molecule has 2 nitrogen and oxygen atoms in total. The maximum atomic E-state index is 4.51. The summed E-state index contributed by atoms with van der Waals surface area (Å²) in [4.78, 5) is 4.51. The van der Waals surface area contributed by atoms with Crippen LogP contribution in [0, 0.1) is 13.8 Å². The predicted octanol–water partition coefficient (Wildman–Crippen LogP) is 2.47. The first-order chi connectivity index (χ1) is 5.29. The van der Waals surface area contributed by atoms with Gasteiger partial charge >= 0.3 is 0 Å². The number of fused-ring (bicyclic) bond motifs is 1. The molecule has 0 unspecified atom stereocenters. The van der Waals surface area contributed by atoms with Crippen LogP contribution in [-0.2, 0) is 13.0 Å². The number of nitrogens with zero attached hydrogens (tertiary/aromatic N) is 2. The first-order valence-corrected chi connectivity index (χ1v) is 4.31. The minimum Gasteiger partial charge on any atom is -0.332 e.